The molecule has 1 aromatic rings. The summed E-state index contributed by atoms with van der Waals surface area (Å²) in [5.74, 6) is -0.102. The Kier molecular flexibility index (Phi) is 5.55. The van der Waals surface area contributed by atoms with E-state index in [-0.39, 0.29) is 17.8 Å². The lowest BCUT2D eigenvalue weighted by atomic mass is 9.97. The van der Waals surface area contributed by atoms with Crippen LogP contribution < -0.4 is 10.2 Å². The largest absolute Gasteiger partial charge is 0.469 e. The third kappa shape index (κ3) is 4.07. The molecule has 0 saturated carbocycles. The number of amides is 1. The molecule has 5 nitrogen and oxygen atoms in total. The molecule has 0 radical (unpaired) electrons. The number of methoxy groups -OCH3 is 1. The second kappa shape index (κ2) is 7.40. The molecule has 1 aliphatic heterocycles. The fourth-order valence-corrected chi connectivity index (χ4v) is 2.91. The predicted octanol–water partition coefficient (Wildman–Crippen LogP) is 0.710. The van der Waals surface area contributed by atoms with Crippen molar-refractivity contribution in [1.82, 2.24) is 0 Å². The van der Waals surface area contributed by atoms with E-state index in [1.54, 1.807) is 0 Å². The van der Waals surface area contributed by atoms with Crippen molar-refractivity contribution in [2.75, 3.05) is 32.1 Å². The zero-order valence-electron chi connectivity index (χ0n) is 13.6. The summed E-state index contributed by atoms with van der Waals surface area (Å²) in [6, 6.07) is 5.92. The maximum atomic E-state index is 12.2. The van der Waals surface area contributed by atoms with Gasteiger partial charge < -0.3 is 15.0 Å². The number of quaternary nitrogens is 1. The van der Waals surface area contributed by atoms with Crippen LogP contribution in [0.1, 0.15) is 24.0 Å². The monoisotopic (exact) mass is 305 g/mol. The van der Waals surface area contributed by atoms with Crippen LogP contribution in [-0.2, 0) is 14.3 Å². The average molecular weight is 305 g/mol. The average Bonchev–Trinajstić information content (AvgIpc) is 2.52. The van der Waals surface area contributed by atoms with Crippen LogP contribution in [0.15, 0.2) is 18.2 Å². The van der Waals surface area contributed by atoms with Gasteiger partial charge in [-0.25, -0.2) is 0 Å². The number of rotatable bonds is 4. The molecule has 1 saturated heterocycles. The topological polar surface area (TPSA) is 59.8 Å². The molecule has 1 aromatic carbocycles. The van der Waals surface area contributed by atoms with Crippen molar-refractivity contribution in [2.24, 2.45) is 5.92 Å². The Labute approximate surface area is 131 Å². The van der Waals surface area contributed by atoms with E-state index in [1.165, 1.54) is 17.6 Å². The van der Waals surface area contributed by atoms with E-state index in [2.05, 4.69) is 5.32 Å². The molecule has 120 valence electrons. The van der Waals surface area contributed by atoms with Gasteiger partial charge >= 0.3 is 5.97 Å². The van der Waals surface area contributed by atoms with Crippen molar-refractivity contribution in [2.45, 2.75) is 26.7 Å². The number of anilines is 1. The van der Waals surface area contributed by atoms with Crippen molar-refractivity contribution in [1.29, 1.82) is 0 Å². The molecular formula is C17H25N2O3+. The Morgan fingerprint density at radius 1 is 1.27 bits per heavy atom. The Balaban J connectivity index is 1.83. The number of nitrogens with one attached hydrogen (secondary N) is 2. The van der Waals surface area contributed by atoms with Crippen LogP contribution >= 0.6 is 0 Å². The van der Waals surface area contributed by atoms with Crippen LogP contribution in [0.5, 0.6) is 0 Å². The van der Waals surface area contributed by atoms with Gasteiger partial charge in [0.15, 0.2) is 6.54 Å². The molecule has 1 heterocycles. The minimum absolute atomic E-state index is 0.00386. The summed E-state index contributed by atoms with van der Waals surface area (Å²) in [5, 5.41) is 2.99. The second-order valence-corrected chi connectivity index (χ2v) is 6.02. The third-order valence-corrected chi connectivity index (χ3v) is 4.52. The van der Waals surface area contributed by atoms with Gasteiger partial charge in [0.1, 0.15) is 0 Å². The summed E-state index contributed by atoms with van der Waals surface area (Å²) in [4.78, 5) is 24.9. The first-order chi connectivity index (χ1) is 10.5. The molecule has 22 heavy (non-hydrogen) atoms. The maximum absolute atomic E-state index is 12.2. The van der Waals surface area contributed by atoms with Crippen molar-refractivity contribution < 1.29 is 19.2 Å². The lowest BCUT2D eigenvalue weighted by Gasteiger charge is -2.27. The van der Waals surface area contributed by atoms with Crippen molar-refractivity contribution in [3.05, 3.63) is 29.3 Å². The molecule has 2 N–H and O–H groups in total. The molecule has 0 unspecified atom stereocenters. The van der Waals surface area contributed by atoms with Crippen LogP contribution in [0.25, 0.3) is 0 Å². The number of piperidine rings is 1. The van der Waals surface area contributed by atoms with Gasteiger partial charge in [-0.2, -0.15) is 0 Å². The number of carbonyl (C=O) groups excluding carboxylic acids is 2. The van der Waals surface area contributed by atoms with E-state index in [9.17, 15) is 9.59 Å². The van der Waals surface area contributed by atoms with Crippen LogP contribution in [0.2, 0.25) is 0 Å². The summed E-state index contributed by atoms with van der Waals surface area (Å²) in [6.07, 6.45) is 1.58. The van der Waals surface area contributed by atoms with E-state index in [4.69, 9.17) is 4.74 Å². The zero-order valence-corrected chi connectivity index (χ0v) is 13.6. The summed E-state index contributed by atoms with van der Waals surface area (Å²) >= 11 is 0. The van der Waals surface area contributed by atoms with Crippen LogP contribution in [0, 0.1) is 19.8 Å². The summed E-state index contributed by atoms with van der Waals surface area (Å²) in [5.41, 5.74) is 3.16. The Bertz CT molecular complexity index is 549. The van der Waals surface area contributed by atoms with E-state index in [0.29, 0.717) is 6.54 Å². The first kappa shape index (κ1) is 16.5. The zero-order chi connectivity index (χ0) is 16.1. The van der Waals surface area contributed by atoms with Crippen molar-refractivity contribution >= 4 is 17.6 Å². The normalized spacial score (nSPS) is 21.2. The lowest BCUT2D eigenvalue weighted by molar-refractivity contribution is -0.897. The summed E-state index contributed by atoms with van der Waals surface area (Å²) < 4.78 is 4.78. The van der Waals surface area contributed by atoms with Gasteiger partial charge in [-0.1, -0.05) is 12.1 Å². The van der Waals surface area contributed by atoms with E-state index < -0.39 is 0 Å². The number of hydrogen-bond acceptors (Lipinski definition) is 3. The highest BCUT2D eigenvalue weighted by Gasteiger charge is 2.29. The highest BCUT2D eigenvalue weighted by atomic mass is 16.5. The van der Waals surface area contributed by atoms with Gasteiger partial charge in [0, 0.05) is 18.5 Å². The van der Waals surface area contributed by atoms with Crippen LogP contribution in [-0.4, -0.2) is 38.6 Å². The third-order valence-electron chi connectivity index (χ3n) is 4.52. The molecule has 0 spiro atoms. The van der Waals surface area contributed by atoms with Gasteiger partial charge in [-0.3, -0.25) is 9.59 Å². The second-order valence-electron chi connectivity index (χ2n) is 6.02. The van der Waals surface area contributed by atoms with Gasteiger partial charge in [0.05, 0.1) is 26.1 Å². The quantitative estimate of drug-likeness (QED) is 0.806. The number of ether oxygens (including phenoxy) is 1. The highest BCUT2D eigenvalue weighted by Crippen LogP contribution is 2.17. The Hall–Kier alpha value is -1.88. The van der Waals surface area contributed by atoms with E-state index in [1.807, 2.05) is 32.0 Å². The van der Waals surface area contributed by atoms with E-state index >= 15 is 0 Å². The molecule has 1 aliphatic rings. The number of esters is 1. The van der Waals surface area contributed by atoms with Crippen molar-refractivity contribution in [3.63, 3.8) is 0 Å². The molecule has 1 fully saturated rings. The fraction of sp³-hybridized carbons (Fsp3) is 0.529. The van der Waals surface area contributed by atoms with Crippen LogP contribution in [0.4, 0.5) is 5.69 Å². The molecule has 0 aromatic heterocycles. The Morgan fingerprint density at radius 3 is 2.59 bits per heavy atom. The highest BCUT2D eigenvalue weighted by molar-refractivity contribution is 5.92. The number of likely N-dealkylation sites (tertiary alicyclic amines) is 1. The summed E-state index contributed by atoms with van der Waals surface area (Å²) in [6.45, 7) is 6.16. The number of hydrogen-bond donors (Lipinski definition) is 2. The molecule has 2 rings (SSSR count). The molecule has 0 bridgehead atoms. The minimum atomic E-state index is -0.126. The molecule has 5 heteroatoms. The van der Waals surface area contributed by atoms with Gasteiger partial charge in [-0.05, 0) is 31.0 Å². The SMILES string of the molecule is COC(=O)C1CC[NH+](CC(=O)Nc2cccc(C)c2C)CC1. The van der Waals surface area contributed by atoms with Gasteiger partial charge in [0.2, 0.25) is 0 Å². The Morgan fingerprint density at radius 2 is 1.95 bits per heavy atom. The smallest absolute Gasteiger partial charge is 0.309 e. The number of carbonyl (C=O) groups is 2. The van der Waals surface area contributed by atoms with Crippen LogP contribution in [0.3, 0.4) is 0 Å². The van der Waals surface area contributed by atoms with Gasteiger partial charge in [-0.15, -0.1) is 0 Å². The standard InChI is InChI=1S/C17H24N2O3/c1-12-5-4-6-15(13(12)2)18-16(20)11-19-9-7-14(8-10-19)17(21)22-3/h4-6,14H,7-11H2,1-3H3,(H,18,20)/p+1. The number of aryl methyl sites for hydroxylation is 1. The first-order valence-corrected chi connectivity index (χ1v) is 7.78. The minimum Gasteiger partial charge on any atom is -0.469 e. The molecule has 0 atom stereocenters. The fourth-order valence-electron chi connectivity index (χ4n) is 2.91. The lowest BCUT2D eigenvalue weighted by Crippen LogP contribution is -3.14. The molecule has 0 aliphatic carbocycles. The maximum Gasteiger partial charge on any atom is 0.309 e. The van der Waals surface area contributed by atoms with Gasteiger partial charge in [0.25, 0.3) is 5.91 Å². The summed E-state index contributed by atoms with van der Waals surface area (Å²) in [7, 11) is 1.43. The van der Waals surface area contributed by atoms with E-state index in [0.717, 1.165) is 37.2 Å². The first-order valence-electron chi connectivity index (χ1n) is 7.78. The van der Waals surface area contributed by atoms with Crippen molar-refractivity contribution in [3.8, 4) is 0 Å². The molecular weight excluding hydrogens is 280 g/mol. The molecule has 1 amide bonds. The number of benzene rings is 1. The predicted molar refractivity (Wildman–Crippen MR) is 84.8 cm³/mol.